The maximum atomic E-state index is 12.2. The van der Waals surface area contributed by atoms with Crippen LogP contribution in [0, 0.1) is 0 Å². The summed E-state index contributed by atoms with van der Waals surface area (Å²) in [5.74, 6) is 0.122. The van der Waals surface area contributed by atoms with Crippen LogP contribution in [-0.2, 0) is 17.8 Å². The smallest absolute Gasteiger partial charge is 0.237 e. The summed E-state index contributed by atoms with van der Waals surface area (Å²) in [4.78, 5) is 14.5. The Bertz CT molecular complexity index is 473. The van der Waals surface area contributed by atoms with Gasteiger partial charge in [0.25, 0.3) is 0 Å². The minimum atomic E-state index is -0.0947. The molecule has 1 aromatic carbocycles. The first-order chi connectivity index (χ1) is 10.1. The molecule has 0 fully saturated rings. The summed E-state index contributed by atoms with van der Waals surface area (Å²) in [6.07, 6.45) is 1.78. The van der Waals surface area contributed by atoms with Gasteiger partial charge in [0.05, 0.1) is 6.04 Å². The Kier molecular flexibility index (Phi) is 5.76. The predicted molar refractivity (Wildman–Crippen MR) is 86.2 cm³/mol. The number of hydrogen-bond acceptors (Lipinski definition) is 3. The van der Waals surface area contributed by atoms with Crippen molar-refractivity contribution in [1.29, 1.82) is 0 Å². The molecule has 1 aliphatic heterocycles. The highest BCUT2D eigenvalue weighted by Gasteiger charge is 2.23. The third-order valence-electron chi connectivity index (χ3n) is 4.27. The molecule has 0 saturated carbocycles. The van der Waals surface area contributed by atoms with E-state index in [1.807, 2.05) is 12.1 Å². The molecule has 0 aromatic heterocycles. The van der Waals surface area contributed by atoms with Crippen LogP contribution in [0.5, 0.6) is 0 Å². The van der Waals surface area contributed by atoms with Crippen LogP contribution in [0.1, 0.15) is 31.4 Å². The number of fused-ring (bicyclic) bond motifs is 1. The Balaban J connectivity index is 1.73. The second-order valence-electron chi connectivity index (χ2n) is 6.13. The molecular weight excluding hydrogens is 262 g/mol. The van der Waals surface area contributed by atoms with E-state index in [1.54, 1.807) is 0 Å². The molecule has 2 rings (SSSR count). The van der Waals surface area contributed by atoms with Crippen molar-refractivity contribution in [3.63, 3.8) is 0 Å². The summed E-state index contributed by atoms with van der Waals surface area (Å²) in [5, 5.41) is 6.37. The van der Waals surface area contributed by atoms with Crippen molar-refractivity contribution < 1.29 is 4.79 Å². The highest BCUT2D eigenvalue weighted by Crippen LogP contribution is 2.16. The summed E-state index contributed by atoms with van der Waals surface area (Å²) >= 11 is 0. The molecule has 1 aliphatic rings. The molecule has 0 unspecified atom stereocenters. The Labute approximate surface area is 127 Å². The van der Waals surface area contributed by atoms with E-state index in [9.17, 15) is 4.79 Å². The standard InChI is InChI=1S/C17H27N3O/c1-13(2)20(3)10-6-9-18-17(21)16-11-14-7-4-5-8-15(14)12-19-16/h4-5,7-8,13,16,19H,6,9-12H2,1-3H3,(H,18,21)/t16-/m1/s1. The van der Waals surface area contributed by atoms with Gasteiger partial charge in [-0.1, -0.05) is 24.3 Å². The van der Waals surface area contributed by atoms with E-state index >= 15 is 0 Å². The molecule has 116 valence electrons. The van der Waals surface area contributed by atoms with Crippen molar-refractivity contribution in [2.75, 3.05) is 20.1 Å². The lowest BCUT2D eigenvalue weighted by atomic mass is 9.95. The third-order valence-corrected chi connectivity index (χ3v) is 4.27. The van der Waals surface area contributed by atoms with Gasteiger partial charge in [-0.15, -0.1) is 0 Å². The van der Waals surface area contributed by atoms with E-state index in [-0.39, 0.29) is 11.9 Å². The fourth-order valence-corrected chi connectivity index (χ4v) is 2.56. The van der Waals surface area contributed by atoms with Crippen LogP contribution < -0.4 is 10.6 Å². The van der Waals surface area contributed by atoms with Gasteiger partial charge in [-0.25, -0.2) is 0 Å². The molecule has 1 atom stereocenters. The van der Waals surface area contributed by atoms with E-state index in [2.05, 4.69) is 48.6 Å². The van der Waals surface area contributed by atoms with E-state index in [0.717, 1.165) is 32.5 Å². The predicted octanol–water partition coefficient (Wildman–Crippen LogP) is 1.55. The number of carbonyl (C=O) groups excluding carboxylic acids is 1. The van der Waals surface area contributed by atoms with Gasteiger partial charge < -0.3 is 15.5 Å². The van der Waals surface area contributed by atoms with Crippen LogP contribution in [0.25, 0.3) is 0 Å². The summed E-state index contributed by atoms with van der Waals surface area (Å²) in [6.45, 7) is 6.91. The minimum absolute atomic E-state index is 0.0947. The topological polar surface area (TPSA) is 44.4 Å². The summed E-state index contributed by atoms with van der Waals surface area (Å²) in [5.41, 5.74) is 2.59. The molecule has 1 amide bonds. The maximum Gasteiger partial charge on any atom is 0.237 e. The highest BCUT2D eigenvalue weighted by molar-refractivity contribution is 5.82. The van der Waals surface area contributed by atoms with E-state index in [1.165, 1.54) is 11.1 Å². The Morgan fingerprint density at radius 3 is 2.81 bits per heavy atom. The number of benzene rings is 1. The molecule has 1 aromatic rings. The van der Waals surface area contributed by atoms with Crippen LogP contribution in [0.4, 0.5) is 0 Å². The lowest BCUT2D eigenvalue weighted by Gasteiger charge is -2.25. The lowest BCUT2D eigenvalue weighted by Crippen LogP contribution is -2.48. The second-order valence-corrected chi connectivity index (χ2v) is 6.13. The minimum Gasteiger partial charge on any atom is -0.355 e. The van der Waals surface area contributed by atoms with Crippen molar-refractivity contribution >= 4 is 5.91 Å². The molecule has 1 heterocycles. The van der Waals surface area contributed by atoms with E-state index < -0.39 is 0 Å². The molecule has 0 aliphatic carbocycles. The van der Waals surface area contributed by atoms with Crippen LogP contribution in [-0.4, -0.2) is 43.0 Å². The van der Waals surface area contributed by atoms with Gasteiger partial charge in [0.15, 0.2) is 0 Å². The zero-order valence-electron chi connectivity index (χ0n) is 13.4. The molecule has 0 saturated heterocycles. The molecule has 2 N–H and O–H groups in total. The molecule has 0 spiro atoms. The van der Waals surface area contributed by atoms with Gasteiger partial charge >= 0.3 is 0 Å². The normalized spacial score (nSPS) is 17.9. The van der Waals surface area contributed by atoms with Gasteiger partial charge in [-0.05, 0) is 51.4 Å². The van der Waals surface area contributed by atoms with Gasteiger partial charge in [-0.3, -0.25) is 4.79 Å². The summed E-state index contributed by atoms with van der Waals surface area (Å²) in [7, 11) is 2.12. The van der Waals surface area contributed by atoms with Crippen molar-refractivity contribution in [1.82, 2.24) is 15.5 Å². The monoisotopic (exact) mass is 289 g/mol. The first-order valence-electron chi connectivity index (χ1n) is 7.86. The number of nitrogens with one attached hydrogen (secondary N) is 2. The zero-order chi connectivity index (χ0) is 15.2. The molecule has 0 radical (unpaired) electrons. The third kappa shape index (κ3) is 4.55. The molecule has 21 heavy (non-hydrogen) atoms. The fourth-order valence-electron chi connectivity index (χ4n) is 2.56. The van der Waals surface area contributed by atoms with Crippen LogP contribution >= 0.6 is 0 Å². The number of hydrogen-bond donors (Lipinski definition) is 2. The molecule has 4 heteroatoms. The number of rotatable bonds is 6. The van der Waals surface area contributed by atoms with Crippen molar-refractivity contribution in [2.45, 2.75) is 45.3 Å². The second kappa shape index (κ2) is 7.57. The number of nitrogens with zero attached hydrogens (tertiary/aromatic N) is 1. The van der Waals surface area contributed by atoms with E-state index in [4.69, 9.17) is 0 Å². The highest BCUT2D eigenvalue weighted by atomic mass is 16.2. The summed E-state index contributed by atoms with van der Waals surface area (Å²) in [6, 6.07) is 8.79. The SMILES string of the molecule is CC(C)N(C)CCCNC(=O)[C@H]1Cc2ccccc2CN1. The van der Waals surface area contributed by atoms with Crippen molar-refractivity contribution in [2.24, 2.45) is 0 Å². The van der Waals surface area contributed by atoms with Crippen molar-refractivity contribution in [3.8, 4) is 0 Å². The Morgan fingerprint density at radius 1 is 1.38 bits per heavy atom. The van der Waals surface area contributed by atoms with Crippen LogP contribution in [0.15, 0.2) is 24.3 Å². The fraction of sp³-hybridized carbons (Fsp3) is 0.588. The average molecular weight is 289 g/mol. The van der Waals surface area contributed by atoms with Gasteiger partial charge in [0.1, 0.15) is 0 Å². The van der Waals surface area contributed by atoms with Crippen molar-refractivity contribution in [3.05, 3.63) is 35.4 Å². The van der Waals surface area contributed by atoms with Crippen LogP contribution in [0.2, 0.25) is 0 Å². The maximum absolute atomic E-state index is 12.2. The van der Waals surface area contributed by atoms with Gasteiger partial charge in [0.2, 0.25) is 5.91 Å². The molecular formula is C17H27N3O. The van der Waals surface area contributed by atoms with Gasteiger partial charge in [-0.2, -0.15) is 0 Å². The average Bonchev–Trinajstić information content (AvgIpc) is 2.50. The van der Waals surface area contributed by atoms with Gasteiger partial charge in [0, 0.05) is 19.1 Å². The molecule has 0 bridgehead atoms. The summed E-state index contributed by atoms with van der Waals surface area (Å²) < 4.78 is 0. The number of amides is 1. The van der Waals surface area contributed by atoms with E-state index in [0.29, 0.717) is 6.04 Å². The first-order valence-corrected chi connectivity index (χ1v) is 7.86. The largest absolute Gasteiger partial charge is 0.355 e. The Morgan fingerprint density at radius 2 is 2.10 bits per heavy atom. The molecule has 4 nitrogen and oxygen atoms in total. The number of carbonyl (C=O) groups is 1. The Hall–Kier alpha value is -1.39. The van der Waals surface area contributed by atoms with Crippen LogP contribution in [0.3, 0.4) is 0 Å². The quantitative estimate of drug-likeness (QED) is 0.781. The first kappa shape index (κ1) is 16.0. The zero-order valence-corrected chi connectivity index (χ0v) is 13.4. The lowest BCUT2D eigenvalue weighted by molar-refractivity contribution is -0.123.